The minimum Gasteiger partial charge on any atom is -0.330 e. The molecule has 2 nitrogen and oxygen atoms in total. The van der Waals surface area contributed by atoms with Gasteiger partial charge in [-0.3, -0.25) is 4.21 Å². The molecular weight excluding hydrogens is 269 g/mol. The summed E-state index contributed by atoms with van der Waals surface area (Å²) >= 11 is 3.08. The molecule has 0 aliphatic rings. The van der Waals surface area contributed by atoms with E-state index in [1.807, 2.05) is 0 Å². The first-order valence-electron chi connectivity index (χ1n) is 4.12. The van der Waals surface area contributed by atoms with Crippen molar-refractivity contribution in [1.82, 2.24) is 0 Å². The second-order valence-corrected chi connectivity index (χ2v) is 5.26. The highest BCUT2D eigenvalue weighted by Crippen LogP contribution is 2.17. The van der Waals surface area contributed by atoms with Crippen LogP contribution in [0.3, 0.4) is 0 Å². The van der Waals surface area contributed by atoms with Crippen LogP contribution >= 0.6 is 15.9 Å². The van der Waals surface area contributed by atoms with E-state index in [1.165, 1.54) is 6.07 Å². The molecule has 0 aromatic heterocycles. The fourth-order valence-electron chi connectivity index (χ4n) is 1.02. The first-order valence-corrected chi connectivity index (χ1v) is 6.40. The van der Waals surface area contributed by atoms with E-state index in [2.05, 4.69) is 15.9 Å². The van der Waals surface area contributed by atoms with E-state index in [0.29, 0.717) is 22.5 Å². The molecule has 1 aromatic carbocycles. The summed E-state index contributed by atoms with van der Waals surface area (Å²) in [6, 6.07) is 4.64. The van der Waals surface area contributed by atoms with Crippen LogP contribution in [0.4, 0.5) is 4.39 Å². The largest absolute Gasteiger partial charge is 0.330 e. The Morgan fingerprint density at radius 1 is 1.50 bits per heavy atom. The molecule has 0 saturated heterocycles. The summed E-state index contributed by atoms with van der Waals surface area (Å²) in [5.41, 5.74) is 6.13. The number of benzene rings is 1. The molecule has 1 rings (SSSR count). The van der Waals surface area contributed by atoms with Crippen LogP contribution in [0.5, 0.6) is 0 Å². The van der Waals surface area contributed by atoms with Crippen molar-refractivity contribution in [3.63, 3.8) is 0 Å². The van der Waals surface area contributed by atoms with Crippen molar-refractivity contribution in [2.75, 3.05) is 12.3 Å². The van der Waals surface area contributed by atoms with Gasteiger partial charge in [-0.15, -0.1) is 0 Å². The lowest BCUT2D eigenvalue weighted by molar-refractivity contribution is 0.620. The van der Waals surface area contributed by atoms with Gasteiger partial charge in [0, 0.05) is 28.9 Å². The zero-order valence-electron chi connectivity index (χ0n) is 7.50. The molecule has 2 N–H and O–H groups in total. The molecule has 1 aromatic rings. The lowest BCUT2D eigenvalue weighted by atomic mass is 10.2. The molecule has 0 aliphatic heterocycles. The molecule has 0 radical (unpaired) electrons. The normalized spacial score (nSPS) is 12.8. The predicted molar refractivity (Wildman–Crippen MR) is 59.9 cm³/mol. The second kappa shape index (κ2) is 5.58. The summed E-state index contributed by atoms with van der Waals surface area (Å²) in [6.07, 6.45) is 0. The summed E-state index contributed by atoms with van der Waals surface area (Å²) < 4.78 is 24.6. The Hall–Kier alpha value is -0.260. The number of hydrogen-bond donors (Lipinski definition) is 1. The second-order valence-electron chi connectivity index (χ2n) is 2.83. The van der Waals surface area contributed by atoms with Gasteiger partial charge in [0.15, 0.2) is 0 Å². The summed E-state index contributed by atoms with van der Waals surface area (Å²) in [7, 11) is -0.954. The van der Waals surface area contributed by atoms with Crippen molar-refractivity contribution >= 4 is 26.7 Å². The van der Waals surface area contributed by atoms with Crippen LogP contribution in [0.25, 0.3) is 0 Å². The van der Waals surface area contributed by atoms with Gasteiger partial charge in [0.05, 0.1) is 4.47 Å². The van der Waals surface area contributed by atoms with E-state index < -0.39 is 10.8 Å². The molecule has 14 heavy (non-hydrogen) atoms. The topological polar surface area (TPSA) is 43.1 Å². The fraction of sp³-hybridized carbons (Fsp3) is 0.333. The average molecular weight is 280 g/mol. The summed E-state index contributed by atoms with van der Waals surface area (Å²) in [4.78, 5) is 0. The third-order valence-electron chi connectivity index (χ3n) is 1.66. The molecule has 1 atom stereocenters. The third kappa shape index (κ3) is 3.48. The third-order valence-corrected chi connectivity index (χ3v) is 3.61. The van der Waals surface area contributed by atoms with Gasteiger partial charge in [-0.25, -0.2) is 4.39 Å². The van der Waals surface area contributed by atoms with Crippen molar-refractivity contribution in [2.24, 2.45) is 5.73 Å². The van der Waals surface area contributed by atoms with Crippen LogP contribution in [-0.4, -0.2) is 16.5 Å². The highest BCUT2D eigenvalue weighted by atomic mass is 79.9. The Morgan fingerprint density at radius 3 is 2.79 bits per heavy atom. The lowest BCUT2D eigenvalue weighted by Crippen LogP contribution is -2.11. The van der Waals surface area contributed by atoms with Gasteiger partial charge in [-0.2, -0.15) is 0 Å². The lowest BCUT2D eigenvalue weighted by Gasteiger charge is -2.02. The standard InChI is InChI=1S/C9H11BrFNOS/c10-8-5-7(1-2-9(8)11)6-14(13)4-3-12/h1-2,5H,3-4,6,12H2. The molecule has 78 valence electrons. The van der Waals surface area contributed by atoms with Crippen molar-refractivity contribution < 1.29 is 8.60 Å². The molecule has 0 amide bonds. The number of halogens is 2. The average Bonchev–Trinajstić information content (AvgIpc) is 2.12. The first kappa shape index (κ1) is 11.8. The Kier molecular flexibility index (Phi) is 4.71. The van der Waals surface area contributed by atoms with Crippen LogP contribution in [0, 0.1) is 5.82 Å². The van der Waals surface area contributed by atoms with Gasteiger partial charge in [0.2, 0.25) is 0 Å². The molecule has 0 spiro atoms. The SMILES string of the molecule is NCCS(=O)Cc1ccc(F)c(Br)c1. The molecule has 0 saturated carbocycles. The number of nitrogens with two attached hydrogens (primary N) is 1. The molecular formula is C9H11BrFNOS. The Balaban J connectivity index is 2.68. The van der Waals surface area contributed by atoms with Gasteiger partial charge in [0.1, 0.15) is 5.82 Å². The summed E-state index contributed by atoms with van der Waals surface area (Å²) in [6.45, 7) is 0.412. The van der Waals surface area contributed by atoms with Crippen molar-refractivity contribution in [2.45, 2.75) is 5.75 Å². The zero-order chi connectivity index (χ0) is 10.6. The van der Waals surface area contributed by atoms with Crippen molar-refractivity contribution in [3.05, 3.63) is 34.1 Å². The maximum Gasteiger partial charge on any atom is 0.137 e. The quantitative estimate of drug-likeness (QED) is 0.913. The van der Waals surface area contributed by atoms with Gasteiger partial charge in [-0.05, 0) is 33.6 Å². The minimum atomic E-state index is -0.954. The zero-order valence-corrected chi connectivity index (χ0v) is 9.91. The highest BCUT2D eigenvalue weighted by molar-refractivity contribution is 9.10. The monoisotopic (exact) mass is 279 g/mol. The summed E-state index contributed by atoms with van der Waals surface area (Å²) in [5.74, 6) is 0.601. The Labute approximate surface area is 93.3 Å². The van der Waals surface area contributed by atoms with Crippen LogP contribution in [0.1, 0.15) is 5.56 Å². The highest BCUT2D eigenvalue weighted by Gasteiger charge is 2.04. The fourth-order valence-corrected chi connectivity index (χ4v) is 2.40. The van der Waals surface area contributed by atoms with E-state index in [9.17, 15) is 8.60 Å². The van der Waals surface area contributed by atoms with Gasteiger partial charge < -0.3 is 5.73 Å². The van der Waals surface area contributed by atoms with E-state index in [-0.39, 0.29) is 5.82 Å². The van der Waals surface area contributed by atoms with Crippen molar-refractivity contribution in [3.8, 4) is 0 Å². The maximum absolute atomic E-state index is 12.8. The van der Waals surface area contributed by atoms with E-state index in [4.69, 9.17) is 5.73 Å². The van der Waals surface area contributed by atoms with E-state index >= 15 is 0 Å². The molecule has 1 unspecified atom stereocenters. The first-order chi connectivity index (χ1) is 6.63. The van der Waals surface area contributed by atoms with E-state index in [1.54, 1.807) is 12.1 Å². The van der Waals surface area contributed by atoms with Crippen LogP contribution in [0.2, 0.25) is 0 Å². The molecule has 5 heteroatoms. The van der Waals surface area contributed by atoms with E-state index in [0.717, 1.165) is 5.56 Å². The van der Waals surface area contributed by atoms with Gasteiger partial charge in [-0.1, -0.05) is 6.07 Å². The number of hydrogen-bond acceptors (Lipinski definition) is 2. The maximum atomic E-state index is 12.8. The molecule has 0 fully saturated rings. The molecule has 0 aliphatic carbocycles. The van der Waals surface area contributed by atoms with Crippen LogP contribution in [-0.2, 0) is 16.6 Å². The predicted octanol–water partition coefficient (Wildman–Crippen LogP) is 1.80. The molecule has 0 heterocycles. The smallest absolute Gasteiger partial charge is 0.137 e. The van der Waals surface area contributed by atoms with Gasteiger partial charge >= 0.3 is 0 Å². The van der Waals surface area contributed by atoms with Gasteiger partial charge in [0.25, 0.3) is 0 Å². The Morgan fingerprint density at radius 2 is 2.21 bits per heavy atom. The van der Waals surface area contributed by atoms with Crippen molar-refractivity contribution in [1.29, 1.82) is 0 Å². The number of rotatable bonds is 4. The molecule has 0 bridgehead atoms. The van der Waals surface area contributed by atoms with Crippen LogP contribution < -0.4 is 5.73 Å². The Bertz CT molecular complexity index is 346. The van der Waals surface area contributed by atoms with Crippen LogP contribution in [0.15, 0.2) is 22.7 Å². The summed E-state index contributed by atoms with van der Waals surface area (Å²) in [5, 5.41) is 0. The minimum absolute atomic E-state index is 0.307.